The molecule has 3 nitrogen and oxygen atoms in total. The zero-order chi connectivity index (χ0) is 12.0. The van der Waals surface area contributed by atoms with E-state index >= 15 is 0 Å². The first-order valence-corrected chi connectivity index (χ1v) is 8.10. The summed E-state index contributed by atoms with van der Waals surface area (Å²) < 4.78 is 11.3. The molecule has 0 aromatic heterocycles. The number of ether oxygens (including phenoxy) is 1. The molecule has 0 radical (unpaired) electrons. The molecule has 0 aromatic rings. The normalized spacial score (nSPS) is 23.9. The van der Waals surface area contributed by atoms with Gasteiger partial charge >= 0.3 is 5.97 Å². The van der Waals surface area contributed by atoms with E-state index in [-0.39, 0.29) is 11.7 Å². The van der Waals surface area contributed by atoms with Crippen LogP contribution < -0.4 is 0 Å². The predicted octanol–water partition coefficient (Wildman–Crippen LogP) is 2.35. The van der Waals surface area contributed by atoms with Crippen molar-refractivity contribution in [3.63, 3.8) is 0 Å². The minimum absolute atomic E-state index is 0.0442. The Kier molecular flexibility index (Phi) is 5.77. The van der Waals surface area contributed by atoms with Crippen molar-refractivity contribution >= 4 is 15.0 Å². The minimum atomic E-state index is -1.32. The maximum Gasteiger partial charge on any atom is 0.333 e. The van der Waals surface area contributed by atoms with Gasteiger partial charge in [-0.15, -0.1) is 0 Å². The van der Waals surface area contributed by atoms with Gasteiger partial charge in [-0.1, -0.05) is 19.4 Å². The molecule has 0 aromatic carbocycles. The number of esters is 1. The van der Waals surface area contributed by atoms with Gasteiger partial charge in [0, 0.05) is 12.2 Å². The van der Waals surface area contributed by atoms with Crippen LogP contribution in [-0.4, -0.2) is 27.3 Å². The summed E-state index contributed by atoms with van der Waals surface area (Å²) in [6.07, 6.45) is 5.05. The van der Waals surface area contributed by atoms with Crippen molar-refractivity contribution in [1.29, 1.82) is 0 Å². The van der Waals surface area contributed by atoms with E-state index in [1.54, 1.807) is 13.0 Å². The zero-order valence-electron chi connectivity index (χ0n) is 10.5. The van der Waals surface area contributed by atoms with Gasteiger partial charge in [-0.05, 0) is 32.7 Å². The minimum Gasteiger partial charge on any atom is -0.460 e. The average Bonchev–Trinajstić information content (AvgIpc) is 2.35. The standard InChI is InChI=1S/C12H22O3Si/c1-4-10(3)12(13)15-11(5-2)16-9-7-6-8-14-16/h4,11,16H,5-9H2,1-3H3. The highest BCUT2D eigenvalue weighted by Gasteiger charge is 2.28. The van der Waals surface area contributed by atoms with E-state index < -0.39 is 9.04 Å². The first-order valence-electron chi connectivity index (χ1n) is 6.14. The van der Waals surface area contributed by atoms with Crippen LogP contribution in [-0.2, 0) is 14.0 Å². The van der Waals surface area contributed by atoms with Crippen LogP contribution in [0.25, 0.3) is 0 Å². The molecule has 0 amide bonds. The summed E-state index contributed by atoms with van der Waals surface area (Å²) in [7, 11) is -1.32. The summed E-state index contributed by atoms with van der Waals surface area (Å²) in [6.45, 7) is 6.56. The number of allylic oxidation sites excluding steroid dienone is 1. The number of carbonyl (C=O) groups excluding carboxylic acids is 1. The lowest BCUT2D eigenvalue weighted by molar-refractivity contribution is -0.141. The lowest BCUT2D eigenvalue weighted by atomic mass is 10.3. The summed E-state index contributed by atoms with van der Waals surface area (Å²) >= 11 is 0. The molecule has 0 aliphatic carbocycles. The molecule has 2 atom stereocenters. The van der Waals surface area contributed by atoms with Crippen LogP contribution >= 0.6 is 0 Å². The van der Waals surface area contributed by atoms with E-state index in [4.69, 9.17) is 9.16 Å². The molecular weight excluding hydrogens is 220 g/mol. The van der Waals surface area contributed by atoms with Crippen LogP contribution in [0.3, 0.4) is 0 Å². The number of hydrogen-bond acceptors (Lipinski definition) is 3. The second-order valence-electron chi connectivity index (χ2n) is 4.23. The molecular formula is C12H22O3Si. The first-order chi connectivity index (χ1) is 7.69. The summed E-state index contributed by atoms with van der Waals surface area (Å²) in [4.78, 5) is 11.7. The predicted molar refractivity (Wildman–Crippen MR) is 66.7 cm³/mol. The fraction of sp³-hybridized carbons (Fsp3) is 0.750. The summed E-state index contributed by atoms with van der Waals surface area (Å²) in [5, 5.41) is 0. The van der Waals surface area contributed by atoms with Crippen molar-refractivity contribution in [3.05, 3.63) is 11.6 Å². The van der Waals surface area contributed by atoms with Crippen molar-refractivity contribution in [2.75, 3.05) is 6.61 Å². The Hall–Kier alpha value is -0.613. The van der Waals surface area contributed by atoms with Crippen LogP contribution in [0.4, 0.5) is 0 Å². The Morgan fingerprint density at radius 2 is 2.31 bits per heavy atom. The second kappa shape index (κ2) is 6.86. The van der Waals surface area contributed by atoms with Gasteiger partial charge in [0.1, 0.15) is 5.73 Å². The third-order valence-corrected chi connectivity index (χ3v) is 6.12. The summed E-state index contributed by atoms with van der Waals surface area (Å²) in [6, 6.07) is 1.14. The van der Waals surface area contributed by atoms with Crippen LogP contribution in [0.5, 0.6) is 0 Å². The number of rotatable bonds is 4. The van der Waals surface area contributed by atoms with E-state index in [0.29, 0.717) is 5.57 Å². The highest BCUT2D eigenvalue weighted by Crippen LogP contribution is 2.18. The molecule has 2 unspecified atom stereocenters. The Morgan fingerprint density at radius 3 is 2.81 bits per heavy atom. The maximum atomic E-state index is 11.7. The molecule has 1 aliphatic rings. The van der Waals surface area contributed by atoms with Gasteiger partial charge in [-0.2, -0.15) is 0 Å². The van der Waals surface area contributed by atoms with Crippen molar-refractivity contribution in [2.45, 2.75) is 51.8 Å². The monoisotopic (exact) mass is 242 g/mol. The van der Waals surface area contributed by atoms with Gasteiger partial charge < -0.3 is 9.16 Å². The third kappa shape index (κ3) is 3.76. The molecule has 1 heterocycles. The van der Waals surface area contributed by atoms with Gasteiger partial charge in [-0.3, -0.25) is 0 Å². The quantitative estimate of drug-likeness (QED) is 0.431. The molecule has 1 aliphatic heterocycles. The Balaban J connectivity index is 2.50. The van der Waals surface area contributed by atoms with Crippen LogP contribution in [0, 0.1) is 0 Å². The summed E-state index contributed by atoms with van der Waals surface area (Å²) in [5.41, 5.74) is 0.728. The molecule has 92 valence electrons. The maximum absolute atomic E-state index is 11.7. The third-order valence-electron chi connectivity index (χ3n) is 3.05. The number of hydrogen-bond donors (Lipinski definition) is 0. The highest BCUT2D eigenvalue weighted by atomic mass is 28.3. The Morgan fingerprint density at radius 1 is 1.56 bits per heavy atom. The first kappa shape index (κ1) is 13.5. The van der Waals surface area contributed by atoms with E-state index in [1.807, 2.05) is 6.92 Å². The lowest BCUT2D eigenvalue weighted by Gasteiger charge is -2.28. The smallest absolute Gasteiger partial charge is 0.333 e. The fourth-order valence-electron chi connectivity index (χ4n) is 1.83. The van der Waals surface area contributed by atoms with Crippen molar-refractivity contribution < 1.29 is 14.0 Å². The largest absolute Gasteiger partial charge is 0.460 e. The van der Waals surface area contributed by atoms with Crippen molar-refractivity contribution in [1.82, 2.24) is 0 Å². The topological polar surface area (TPSA) is 35.5 Å². The molecule has 0 saturated carbocycles. The molecule has 1 rings (SSSR count). The molecule has 1 saturated heterocycles. The van der Waals surface area contributed by atoms with Crippen LogP contribution in [0.15, 0.2) is 11.6 Å². The number of carbonyl (C=O) groups is 1. The van der Waals surface area contributed by atoms with E-state index in [0.717, 1.165) is 25.5 Å². The fourth-order valence-corrected chi connectivity index (χ4v) is 4.54. The van der Waals surface area contributed by atoms with E-state index in [1.165, 1.54) is 6.42 Å². The molecule has 4 heteroatoms. The molecule has 1 fully saturated rings. The van der Waals surface area contributed by atoms with Crippen LogP contribution in [0.1, 0.15) is 40.0 Å². The van der Waals surface area contributed by atoms with Gasteiger partial charge in [0.05, 0.1) is 0 Å². The highest BCUT2D eigenvalue weighted by molar-refractivity contribution is 6.53. The van der Waals surface area contributed by atoms with Crippen molar-refractivity contribution in [2.24, 2.45) is 0 Å². The van der Waals surface area contributed by atoms with E-state index in [9.17, 15) is 4.79 Å². The molecule has 0 N–H and O–H groups in total. The van der Waals surface area contributed by atoms with E-state index in [2.05, 4.69) is 6.92 Å². The molecule has 0 bridgehead atoms. The molecule has 0 spiro atoms. The van der Waals surface area contributed by atoms with Gasteiger partial charge in [-0.25, -0.2) is 4.79 Å². The SMILES string of the molecule is CC=C(C)C(=O)OC(CC)[SiH]1CCCCO1. The lowest BCUT2D eigenvalue weighted by Crippen LogP contribution is -2.39. The van der Waals surface area contributed by atoms with Gasteiger partial charge in [0.15, 0.2) is 0 Å². The van der Waals surface area contributed by atoms with Gasteiger partial charge in [0.2, 0.25) is 9.04 Å². The second-order valence-corrected chi connectivity index (χ2v) is 6.96. The molecule has 16 heavy (non-hydrogen) atoms. The Labute approximate surface area is 99.5 Å². The Bertz CT molecular complexity index is 257. The average molecular weight is 242 g/mol. The summed E-state index contributed by atoms with van der Waals surface area (Å²) in [5.74, 6) is -0.184. The van der Waals surface area contributed by atoms with Crippen molar-refractivity contribution in [3.8, 4) is 0 Å². The van der Waals surface area contributed by atoms with Gasteiger partial charge in [0.25, 0.3) is 0 Å². The zero-order valence-corrected chi connectivity index (χ0v) is 11.6. The van der Waals surface area contributed by atoms with Crippen LogP contribution in [0.2, 0.25) is 6.04 Å².